The zero-order valence-electron chi connectivity index (χ0n) is 19.1. The van der Waals surface area contributed by atoms with Gasteiger partial charge in [-0.3, -0.25) is 4.40 Å². The van der Waals surface area contributed by atoms with Crippen molar-refractivity contribution in [1.29, 1.82) is 0 Å². The monoisotopic (exact) mass is 443 g/mol. The molecular formula is C25H29N7O. The normalized spacial score (nSPS) is 24.0. The number of piperidine rings is 1. The maximum absolute atomic E-state index is 6.00. The van der Waals surface area contributed by atoms with Gasteiger partial charge in [-0.25, -0.2) is 9.97 Å². The van der Waals surface area contributed by atoms with Gasteiger partial charge < -0.3 is 14.5 Å². The molecule has 3 atom stereocenters. The van der Waals surface area contributed by atoms with E-state index in [2.05, 4.69) is 44.4 Å². The molecule has 2 fully saturated rings. The molecule has 1 aromatic carbocycles. The van der Waals surface area contributed by atoms with E-state index in [1.165, 1.54) is 0 Å². The van der Waals surface area contributed by atoms with Crippen molar-refractivity contribution in [2.45, 2.75) is 44.8 Å². The van der Waals surface area contributed by atoms with E-state index in [4.69, 9.17) is 14.7 Å². The highest BCUT2D eigenvalue weighted by atomic mass is 16.5. The second kappa shape index (κ2) is 8.26. The van der Waals surface area contributed by atoms with Crippen LogP contribution in [0.1, 0.15) is 38.4 Å². The summed E-state index contributed by atoms with van der Waals surface area (Å²) in [6.07, 6.45) is 4.55. The molecule has 8 nitrogen and oxygen atoms in total. The number of fused-ring (bicyclic) bond motifs is 2. The van der Waals surface area contributed by atoms with Gasteiger partial charge in [-0.15, -0.1) is 10.2 Å². The molecule has 4 aromatic rings. The van der Waals surface area contributed by atoms with Gasteiger partial charge in [0.1, 0.15) is 5.82 Å². The van der Waals surface area contributed by atoms with Crippen LogP contribution in [-0.4, -0.2) is 63.0 Å². The molecule has 3 unspecified atom stereocenters. The topological polar surface area (TPSA) is 71.7 Å². The molecule has 0 amide bonds. The largest absolute Gasteiger partial charge is 0.372 e. The highest BCUT2D eigenvalue weighted by Gasteiger charge is 2.31. The lowest BCUT2D eigenvalue weighted by Crippen LogP contribution is -2.47. The predicted octanol–water partition coefficient (Wildman–Crippen LogP) is 3.67. The Morgan fingerprint density at radius 3 is 2.27 bits per heavy atom. The van der Waals surface area contributed by atoms with Crippen LogP contribution in [0.2, 0.25) is 0 Å². The number of hydrogen-bond donors (Lipinski definition) is 0. The van der Waals surface area contributed by atoms with Crippen LogP contribution in [0.4, 0.5) is 11.6 Å². The minimum absolute atomic E-state index is 0.159. The van der Waals surface area contributed by atoms with Crippen molar-refractivity contribution in [2.24, 2.45) is 0 Å². The van der Waals surface area contributed by atoms with Crippen LogP contribution in [0, 0.1) is 0 Å². The number of nitrogens with zero attached hydrogens (tertiary/aromatic N) is 7. The molecule has 2 aliphatic rings. The predicted molar refractivity (Wildman–Crippen MR) is 129 cm³/mol. The van der Waals surface area contributed by atoms with Crippen LogP contribution in [0.15, 0.2) is 48.7 Å². The number of rotatable bonds is 3. The first-order valence-corrected chi connectivity index (χ1v) is 11.9. The lowest BCUT2D eigenvalue weighted by atomic mass is 9.97. The Morgan fingerprint density at radius 2 is 1.52 bits per heavy atom. The standard InChI is InChI=1S/C25H29N7O/c1-17-14-31(15-18(2)33-17)25-24(26-20-9-3-4-10-21(20)27-25)30-12-7-8-19(16-30)23-29-28-22-11-5-6-13-32(22)23/h3-6,9-11,13,17-19H,7-8,12,14-16H2,1-2H3. The molecule has 0 spiro atoms. The van der Waals surface area contributed by atoms with Crippen molar-refractivity contribution >= 4 is 28.3 Å². The van der Waals surface area contributed by atoms with Crippen LogP contribution in [-0.2, 0) is 4.74 Å². The van der Waals surface area contributed by atoms with E-state index in [-0.39, 0.29) is 12.2 Å². The lowest BCUT2D eigenvalue weighted by Gasteiger charge is -2.39. The summed E-state index contributed by atoms with van der Waals surface area (Å²) in [5.41, 5.74) is 2.76. The van der Waals surface area contributed by atoms with Crippen molar-refractivity contribution in [1.82, 2.24) is 24.6 Å². The van der Waals surface area contributed by atoms with Gasteiger partial charge in [0, 0.05) is 38.3 Å². The average Bonchev–Trinajstić information content (AvgIpc) is 3.27. The van der Waals surface area contributed by atoms with Gasteiger partial charge in [0.05, 0.1) is 23.2 Å². The number of para-hydroxylation sites is 2. The molecule has 6 rings (SSSR count). The summed E-state index contributed by atoms with van der Waals surface area (Å²) in [6, 6.07) is 14.2. The smallest absolute Gasteiger partial charge is 0.172 e. The Hall–Kier alpha value is -3.26. The number of morpholine rings is 1. The number of anilines is 2. The zero-order valence-corrected chi connectivity index (χ0v) is 19.1. The first-order chi connectivity index (χ1) is 16.2. The van der Waals surface area contributed by atoms with E-state index < -0.39 is 0 Å². The van der Waals surface area contributed by atoms with Gasteiger partial charge in [0.25, 0.3) is 0 Å². The number of hydrogen-bond acceptors (Lipinski definition) is 7. The molecule has 170 valence electrons. The van der Waals surface area contributed by atoms with Crippen LogP contribution >= 0.6 is 0 Å². The summed E-state index contributed by atoms with van der Waals surface area (Å²) in [7, 11) is 0. The number of pyridine rings is 1. The van der Waals surface area contributed by atoms with Crippen LogP contribution in [0.25, 0.3) is 16.7 Å². The third-order valence-corrected chi connectivity index (χ3v) is 6.68. The fourth-order valence-electron chi connectivity index (χ4n) is 5.28. The minimum atomic E-state index is 0.159. The molecule has 0 aliphatic carbocycles. The molecule has 0 bridgehead atoms. The van der Waals surface area contributed by atoms with E-state index in [0.717, 1.165) is 73.2 Å². The maximum atomic E-state index is 6.00. The summed E-state index contributed by atoms with van der Waals surface area (Å²) >= 11 is 0. The van der Waals surface area contributed by atoms with E-state index in [1.54, 1.807) is 0 Å². The minimum Gasteiger partial charge on any atom is -0.372 e. The molecule has 2 aliphatic heterocycles. The highest BCUT2D eigenvalue weighted by molar-refractivity contribution is 5.81. The maximum Gasteiger partial charge on any atom is 0.172 e. The fourth-order valence-corrected chi connectivity index (χ4v) is 5.28. The van der Waals surface area contributed by atoms with E-state index in [1.807, 2.05) is 42.5 Å². The molecule has 8 heteroatoms. The molecular weight excluding hydrogens is 414 g/mol. The summed E-state index contributed by atoms with van der Waals surface area (Å²) < 4.78 is 8.11. The SMILES string of the molecule is CC1CN(c2nc3ccccc3nc2N2CCCC(c3nnc4ccccn34)C2)CC(C)O1. The Balaban J connectivity index is 1.39. The van der Waals surface area contributed by atoms with Crippen molar-refractivity contribution < 1.29 is 4.74 Å². The van der Waals surface area contributed by atoms with E-state index >= 15 is 0 Å². The van der Waals surface area contributed by atoms with Crippen molar-refractivity contribution in [3.63, 3.8) is 0 Å². The van der Waals surface area contributed by atoms with Crippen LogP contribution in [0.5, 0.6) is 0 Å². The molecule has 0 N–H and O–H groups in total. The average molecular weight is 444 g/mol. The summed E-state index contributed by atoms with van der Waals surface area (Å²) in [5.74, 6) is 3.25. The number of aromatic nitrogens is 5. The van der Waals surface area contributed by atoms with Crippen molar-refractivity contribution in [3.8, 4) is 0 Å². The quantitative estimate of drug-likeness (QED) is 0.478. The van der Waals surface area contributed by atoms with Gasteiger partial charge >= 0.3 is 0 Å². The number of benzene rings is 1. The fraction of sp³-hybridized carbons (Fsp3) is 0.440. The lowest BCUT2D eigenvalue weighted by molar-refractivity contribution is -0.00543. The Kier molecular flexibility index (Phi) is 5.10. The van der Waals surface area contributed by atoms with Crippen LogP contribution in [0.3, 0.4) is 0 Å². The third-order valence-electron chi connectivity index (χ3n) is 6.68. The van der Waals surface area contributed by atoms with Gasteiger partial charge in [-0.2, -0.15) is 0 Å². The Bertz CT molecular complexity index is 1280. The molecule has 0 saturated carbocycles. The third kappa shape index (κ3) is 3.78. The highest BCUT2D eigenvalue weighted by Crippen LogP contribution is 2.35. The van der Waals surface area contributed by atoms with E-state index in [9.17, 15) is 0 Å². The van der Waals surface area contributed by atoms with Crippen LogP contribution < -0.4 is 9.80 Å². The first-order valence-electron chi connectivity index (χ1n) is 11.9. The van der Waals surface area contributed by atoms with Gasteiger partial charge in [-0.05, 0) is 51.0 Å². The molecule has 33 heavy (non-hydrogen) atoms. The Labute approximate surface area is 193 Å². The van der Waals surface area contributed by atoms with Gasteiger partial charge in [0.2, 0.25) is 0 Å². The second-order valence-electron chi connectivity index (χ2n) is 9.29. The van der Waals surface area contributed by atoms with Crippen molar-refractivity contribution in [3.05, 3.63) is 54.5 Å². The first kappa shape index (κ1) is 20.4. The van der Waals surface area contributed by atoms with Crippen molar-refractivity contribution in [2.75, 3.05) is 36.0 Å². The molecule has 3 aromatic heterocycles. The molecule has 0 radical (unpaired) electrons. The number of ether oxygens (including phenoxy) is 1. The summed E-state index contributed by atoms with van der Waals surface area (Å²) in [4.78, 5) is 15.0. The Morgan fingerprint density at radius 1 is 0.818 bits per heavy atom. The van der Waals surface area contributed by atoms with Gasteiger partial charge in [-0.1, -0.05) is 18.2 Å². The molecule has 5 heterocycles. The zero-order chi connectivity index (χ0) is 22.4. The molecule has 2 saturated heterocycles. The second-order valence-corrected chi connectivity index (χ2v) is 9.29. The van der Waals surface area contributed by atoms with Gasteiger partial charge in [0.15, 0.2) is 17.3 Å². The van der Waals surface area contributed by atoms with E-state index in [0.29, 0.717) is 5.92 Å². The summed E-state index contributed by atoms with van der Waals surface area (Å²) in [6.45, 7) is 7.70. The summed E-state index contributed by atoms with van der Waals surface area (Å²) in [5, 5.41) is 8.94.